The van der Waals surface area contributed by atoms with Crippen LogP contribution in [0.1, 0.15) is 12.5 Å². The first-order chi connectivity index (χ1) is 8.04. The Morgan fingerprint density at radius 3 is 2.88 bits per heavy atom. The molecule has 0 aliphatic carbocycles. The minimum Gasteiger partial charge on any atom is -0.463 e. The van der Waals surface area contributed by atoms with Crippen LogP contribution in [0.4, 0.5) is 10.1 Å². The first-order valence-corrected chi connectivity index (χ1v) is 4.83. The van der Waals surface area contributed by atoms with Crippen molar-refractivity contribution in [3.63, 3.8) is 0 Å². The van der Waals surface area contributed by atoms with Gasteiger partial charge in [0.25, 0.3) is 5.69 Å². The summed E-state index contributed by atoms with van der Waals surface area (Å²) < 4.78 is 18.0. The van der Waals surface area contributed by atoms with E-state index in [4.69, 9.17) is 0 Å². The molecule has 0 unspecified atom stereocenters. The van der Waals surface area contributed by atoms with Crippen LogP contribution in [-0.2, 0) is 9.53 Å². The molecular weight excluding hydrogens is 229 g/mol. The quantitative estimate of drug-likeness (QED) is 0.350. The van der Waals surface area contributed by atoms with Crippen molar-refractivity contribution in [1.29, 1.82) is 0 Å². The minimum absolute atomic E-state index is 0.0350. The molecule has 0 atom stereocenters. The number of carbonyl (C=O) groups is 1. The lowest BCUT2D eigenvalue weighted by Crippen LogP contribution is -2.00. The molecular formula is C11H10FNO4. The van der Waals surface area contributed by atoms with Gasteiger partial charge < -0.3 is 4.74 Å². The van der Waals surface area contributed by atoms with Crippen LogP contribution in [-0.4, -0.2) is 17.5 Å². The number of non-ortho nitro benzene ring substituents is 1. The van der Waals surface area contributed by atoms with Crippen molar-refractivity contribution in [3.8, 4) is 0 Å². The Bertz CT molecular complexity index is 470. The number of hydrogen-bond acceptors (Lipinski definition) is 4. The van der Waals surface area contributed by atoms with E-state index in [1.165, 1.54) is 18.2 Å². The number of nitro groups is 1. The summed E-state index contributed by atoms with van der Waals surface area (Å²) >= 11 is 0. The number of rotatable bonds is 4. The van der Waals surface area contributed by atoms with Crippen molar-refractivity contribution >= 4 is 17.5 Å². The van der Waals surface area contributed by atoms with Gasteiger partial charge in [0.2, 0.25) is 0 Å². The average Bonchev–Trinajstić information content (AvgIpc) is 2.29. The monoisotopic (exact) mass is 239 g/mol. The van der Waals surface area contributed by atoms with Crippen LogP contribution in [0, 0.1) is 10.1 Å². The van der Waals surface area contributed by atoms with Crippen molar-refractivity contribution in [2.45, 2.75) is 6.92 Å². The molecule has 0 saturated heterocycles. The Balaban J connectivity index is 2.96. The highest BCUT2D eigenvalue weighted by atomic mass is 19.1. The van der Waals surface area contributed by atoms with Gasteiger partial charge in [-0.05, 0) is 6.92 Å². The number of benzene rings is 1. The smallest absolute Gasteiger partial charge is 0.333 e. The Labute approximate surface area is 96.7 Å². The van der Waals surface area contributed by atoms with Gasteiger partial charge in [-0.1, -0.05) is 12.1 Å². The molecule has 0 saturated carbocycles. The molecule has 6 heteroatoms. The van der Waals surface area contributed by atoms with Crippen LogP contribution in [0.3, 0.4) is 0 Å². The third-order valence-electron chi connectivity index (χ3n) is 1.86. The fourth-order valence-electron chi connectivity index (χ4n) is 1.14. The van der Waals surface area contributed by atoms with E-state index in [2.05, 4.69) is 4.74 Å². The fraction of sp³-hybridized carbons (Fsp3) is 0.182. The van der Waals surface area contributed by atoms with Gasteiger partial charge in [0.05, 0.1) is 17.6 Å². The van der Waals surface area contributed by atoms with Crippen LogP contribution in [0.2, 0.25) is 0 Å². The number of nitro benzene ring substituents is 1. The number of esters is 1. The van der Waals surface area contributed by atoms with Crippen molar-refractivity contribution in [2.24, 2.45) is 0 Å². The maximum Gasteiger partial charge on any atom is 0.333 e. The first-order valence-electron chi connectivity index (χ1n) is 4.83. The largest absolute Gasteiger partial charge is 0.463 e. The van der Waals surface area contributed by atoms with Crippen LogP contribution in [0.15, 0.2) is 30.3 Å². The van der Waals surface area contributed by atoms with Gasteiger partial charge in [-0.25, -0.2) is 9.18 Å². The molecule has 1 rings (SSSR count). The summed E-state index contributed by atoms with van der Waals surface area (Å²) in [4.78, 5) is 20.8. The summed E-state index contributed by atoms with van der Waals surface area (Å²) in [6.45, 7) is 1.73. The minimum atomic E-state index is -0.868. The highest BCUT2D eigenvalue weighted by Crippen LogP contribution is 2.21. The molecule has 17 heavy (non-hydrogen) atoms. The summed E-state index contributed by atoms with van der Waals surface area (Å²) in [7, 11) is 0. The van der Waals surface area contributed by atoms with Crippen molar-refractivity contribution in [1.82, 2.24) is 0 Å². The Hall–Kier alpha value is -2.24. The van der Waals surface area contributed by atoms with Crippen LogP contribution < -0.4 is 0 Å². The molecule has 0 amide bonds. The molecule has 0 aliphatic rings. The maximum absolute atomic E-state index is 13.5. The van der Waals surface area contributed by atoms with E-state index in [-0.39, 0.29) is 17.9 Å². The third kappa shape index (κ3) is 3.67. The molecule has 0 radical (unpaired) electrons. The van der Waals surface area contributed by atoms with Crippen LogP contribution in [0.5, 0.6) is 0 Å². The lowest BCUT2D eigenvalue weighted by Gasteiger charge is -1.99. The highest BCUT2D eigenvalue weighted by Gasteiger charge is 2.10. The number of nitrogens with zero attached hydrogens (tertiary/aromatic N) is 1. The zero-order chi connectivity index (χ0) is 12.8. The normalized spacial score (nSPS) is 11.1. The Morgan fingerprint density at radius 1 is 1.59 bits per heavy atom. The Morgan fingerprint density at radius 2 is 2.29 bits per heavy atom. The number of hydrogen-bond donors (Lipinski definition) is 0. The van der Waals surface area contributed by atoms with Gasteiger partial charge in [0.15, 0.2) is 0 Å². The van der Waals surface area contributed by atoms with Crippen molar-refractivity contribution < 1.29 is 18.8 Å². The predicted octanol–water partition coefficient (Wildman–Crippen LogP) is 2.47. The van der Waals surface area contributed by atoms with Gasteiger partial charge in [0, 0.05) is 17.7 Å². The standard InChI is InChI=1S/C11H10FNO4/c1-2-17-11(14)7-10(12)8-4-3-5-9(6-8)13(15)16/h3-7H,2H2,1H3/b10-7+. The third-order valence-corrected chi connectivity index (χ3v) is 1.86. The molecule has 0 heterocycles. The zero-order valence-electron chi connectivity index (χ0n) is 9.05. The van der Waals surface area contributed by atoms with E-state index in [0.717, 1.165) is 6.07 Å². The second-order valence-corrected chi connectivity index (χ2v) is 3.05. The van der Waals surface area contributed by atoms with Gasteiger partial charge in [0.1, 0.15) is 5.83 Å². The summed E-state index contributed by atoms with van der Waals surface area (Å²) in [6, 6.07) is 4.95. The lowest BCUT2D eigenvalue weighted by atomic mass is 10.1. The second kappa shape index (κ2) is 5.74. The van der Waals surface area contributed by atoms with E-state index < -0.39 is 16.7 Å². The Kier molecular flexibility index (Phi) is 4.33. The average molecular weight is 239 g/mol. The van der Waals surface area contributed by atoms with E-state index in [1.807, 2.05) is 0 Å². The molecule has 0 aromatic heterocycles. The molecule has 0 aliphatic heterocycles. The molecule has 90 valence electrons. The molecule has 1 aromatic carbocycles. The topological polar surface area (TPSA) is 69.4 Å². The molecule has 5 nitrogen and oxygen atoms in total. The summed E-state index contributed by atoms with van der Waals surface area (Å²) in [5, 5.41) is 10.5. The fourth-order valence-corrected chi connectivity index (χ4v) is 1.14. The van der Waals surface area contributed by atoms with E-state index in [0.29, 0.717) is 6.08 Å². The number of ether oxygens (including phenoxy) is 1. The summed E-state index contributed by atoms with van der Waals surface area (Å²) in [6.07, 6.45) is 0.655. The van der Waals surface area contributed by atoms with Gasteiger partial charge in [-0.3, -0.25) is 10.1 Å². The molecule has 0 spiro atoms. The van der Waals surface area contributed by atoms with Gasteiger partial charge >= 0.3 is 5.97 Å². The highest BCUT2D eigenvalue weighted by molar-refractivity contribution is 5.89. The molecule has 1 aromatic rings. The maximum atomic E-state index is 13.5. The predicted molar refractivity (Wildman–Crippen MR) is 58.8 cm³/mol. The van der Waals surface area contributed by atoms with Crippen LogP contribution >= 0.6 is 0 Å². The SMILES string of the molecule is CCOC(=O)/C=C(/F)c1cccc([N+](=O)[O-])c1. The zero-order valence-corrected chi connectivity index (χ0v) is 9.05. The van der Waals surface area contributed by atoms with E-state index in [9.17, 15) is 19.3 Å². The summed E-state index contributed by atoms with van der Waals surface area (Å²) in [5.41, 5.74) is -0.276. The first kappa shape index (κ1) is 12.8. The molecule has 0 bridgehead atoms. The molecule has 0 N–H and O–H groups in total. The van der Waals surface area contributed by atoms with Crippen LogP contribution in [0.25, 0.3) is 5.83 Å². The second-order valence-electron chi connectivity index (χ2n) is 3.05. The number of halogens is 1. The van der Waals surface area contributed by atoms with E-state index in [1.54, 1.807) is 6.92 Å². The van der Waals surface area contributed by atoms with Crippen molar-refractivity contribution in [3.05, 3.63) is 46.0 Å². The van der Waals surface area contributed by atoms with Gasteiger partial charge in [-0.15, -0.1) is 0 Å². The van der Waals surface area contributed by atoms with Crippen molar-refractivity contribution in [2.75, 3.05) is 6.61 Å². The molecule has 0 fully saturated rings. The van der Waals surface area contributed by atoms with Gasteiger partial charge in [-0.2, -0.15) is 0 Å². The lowest BCUT2D eigenvalue weighted by molar-refractivity contribution is -0.384. The van der Waals surface area contributed by atoms with E-state index >= 15 is 0 Å². The number of carbonyl (C=O) groups excluding carboxylic acids is 1. The summed E-state index contributed by atoms with van der Waals surface area (Å²) in [5.74, 6) is -1.69.